The molecule has 5 nitrogen and oxygen atoms in total. The van der Waals surface area contributed by atoms with Crippen LogP contribution in [-0.4, -0.2) is 24.6 Å². The molecule has 3 heterocycles. The zero-order valence-corrected chi connectivity index (χ0v) is 14.1. The Kier molecular flexibility index (Phi) is 4.68. The number of pyridine rings is 2. The fourth-order valence-corrected chi connectivity index (χ4v) is 3.04. The molecule has 1 N–H and O–H groups in total. The van der Waals surface area contributed by atoms with E-state index in [0.29, 0.717) is 27.8 Å². The molecule has 3 aromatic rings. The largest absolute Gasteiger partial charge is 0.480 e. The highest BCUT2D eigenvalue weighted by atomic mass is 35.5. The van der Waals surface area contributed by atoms with Gasteiger partial charge in [0.1, 0.15) is 0 Å². The van der Waals surface area contributed by atoms with Crippen LogP contribution in [0.15, 0.2) is 24.7 Å². The van der Waals surface area contributed by atoms with Gasteiger partial charge in [0, 0.05) is 36.3 Å². The molecule has 3 rings (SSSR count). The number of imidazole rings is 1. The van der Waals surface area contributed by atoms with Crippen molar-refractivity contribution < 1.29 is 5.11 Å². The van der Waals surface area contributed by atoms with Crippen molar-refractivity contribution in [2.24, 2.45) is 0 Å². The molecule has 0 radical (unpaired) electrons. The lowest BCUT2D eigenvalue weighted by Crippen LogP contribution is -1.99. The predicted octanol–water partition coefficient (Wildman–Crippen LogP) is 4.70. The molecule has 0 aromatic carbocycles. The number of nitrogens with zero attached hydrogens (tertiary/aromatic N) is 4. The van der Waals surface area contributed by atoms with E-state index in [1.807, 2.05) is 0 Å². The Morgan fingerprint density at radius 2 is 2.00 bits per heavy atom. The Bertz CT molecular complexity index is 847. The molecule has 0 aliphatic rings. The Morgan fingerprint density at radius 3 is 2.74 bits per heavy atom. The number of halogens is 2. The van der Waals surface area contributed by atoms with Crippen molar-refractivity contribution in [3.05, 3.63) is 34.7 Å². The maximum absolute atomic E-state index is 10.2. The third kappa shape index (κ3) is 3.12. The molecule has 120 valence electrons. The van der Waals surface area contributed by atoms with Crippen LogP contribution < -0.4 is 0 Å². The summed E-state index contributed by atoms with van der Waals surface area (Å²) in [6, 6.07) is 1.73. The fourth-order valence-electron chi connectivity index (χ4n) is 2.62. The highest BCUT2D eigenvalue weighted by Crippen LogP contribution is 2.36. The number of unbranched alkanes of at least 4 members (excludes halogenated alkanes) is 2. The standard InChI is InChI=1S/C16H16Cl2N4O/c1-2-3-4-5-22-14-13(10-6-11(17)8-19-7-10)12(18)9-20-15(14)21-16(22)23/h6-9H,2-5H2,1H3,(H,20,21,23). The van der Waals surface area contributed by atoms with Gasteiger partial charge in [-0.1, -0.05) is 43.0 Å². The van der Waals surface area contributed by atoms with E-state index in [4.69, 9.17) is 23.2 Å². The molecule has 0 spiro atoms. The van der Waals surface area contributed by atoms with Gasteiger partial charge in [0.05, 0.1) is 15.6 Å². The molecule has 0 fully saturated rings. The summed E-state index contributed by atoms with van der Waals surface area (Å²) in [5, 5.41) is 11.2. The second kappa shape index (κ2) is 6.72. The molecular formula is C16H16Cl2N4O. The Labute approximate surface area is 143 Å². The van der Waals surface area contributed by atoms with Crippen LogP contribution in [0.1, 0.15) is 26.2 Å². The number of fused-ring (bicyclic) bond motifs is 1. The first-order valence-corrected chi connectivity index (χ1v) is 8.22. The van der Waals surface area contributed by atoms with Crippen molar-refractivity contribution in [1.82, 2.24) is 19.5 Å². The molecule has 0 aliphatic carbocycles. The summed E-state index contributed by atoms with van der Waals surface area (Å²) in [5.41, 5.74) is 2.66. The molecule has 0 atom stereocenters. The molecular weight excluding hydrogens is 335 g/mol. The van der Waals surface area contributed by atoms with Gasteiger partial charge >= 0.3 is 0 Å². The number of aromatic nitrogens is 4. The van der Waals surface area contributed by atoms with Gasteiger partial charge in [0.2, 0.25) is 0 Å². The van der Waals surface area contributed by atoms with Crippen molar-refractivity contribution in [3.8, 4) is 17.1 Å². The Morgan fingerprint density at radius 1 is 1.17 bits per heavy atom. The highest BCUT2D eigenvalue weighted by Gasteiger charge is 2.19. The summed E-state index contributed by atoms with van der Waals surface area (Å²) in [5.74, 6) is 0. The van der Waals surface area contributed by atoms with Gasteiger partial charge in [-0.25, -0.2) is 4.98 Å². The van der Waals surface area contributed by atoms with Crippen LogP contribution in [0.2, 0.25) is 10.0 Å². The fraction of sp³-hybridized carbons (Fsp3) is 0.312. The first kappa shape index (κ1) is 16.0. The van der Waals surface area contributed by atoms with Crippen molar-refractivity contribution in [1.29, 1.82) is 0 Å². The minimum atomic E-state index is -0.0536. The van der Waals surface area contributed by atoms with Crippen LogP contribution in [0, 0.1) is 0 Å². The smallest absolute Gasteiger partial charge is 0.296 e. The van der Waals surface area contributed by atoms with E-state index in [1.54, 1.807) is 23.0 Å². The van der Waals surface area contributed by atoms with Gasteiger partial charge in [-0.15, -0.1) is 0 Å². The van der Waals surface area contributed by atoms with Gasteiger partial charge < -0.3 is 5.11 Å². The minimum absolute atomic E-state index is 0.0536. The van der Waals surface area contributed by atoms with Gasteiger partial charge in [0.15, 0.2) is 5.65 Å². The number of hydrogen-bond acceptors (Lipinski definition) is 4. The van der Waals surface area contributed by atoms with E-state index in [9.17, 15) is 5.11 Å². The zero-order valence-electron chi connectivity index (χ0n) is 12.6. The van der Waals surface area contributed by atoms with E-state index < -0.39 is 0 Å². The van der Waals surface area contributed by atoms with Crippen LogP contribution in [0.4, 0.5) is 0 Å². The van der Waals surface area contributed by atoms with Gasteiger partial charge in [-0.3, -0.25) is 9.55 Å². The van der Waals surface area contributed by atoms with Crippen molar-refractivity contribution in [3.63, 3.8) is 0 Å². The summed E-state index contributed by atoms with van der Waals surface area (Å²) < 4.78 is 1.75. The van der Waals surface area contributed by atoms with Gasteiger partial charge in [-0.05, 0) is 12.5 Å². The van der Waals surface area contributed by atoms with Crippen molar-refractivity contribution in [2.75, 3.05) is 0 Å². The summed E-state index contributed by atoms with van der Waals surface area (Å²) >= 11 is 12.4. The molecule has 0 bridgehead atoms. The Hall–Kier alpha value is -1.85. The second-order valence-corrected chi connectivity index (χ2v) is 6.16. The normalized spacial score (nSPS) is 11.3. The minimum Gasteiger partial charge on any atom is -0.480 e. The van der Waals surface area contributed by atoms with E-state index >= 15 is 0 Å². The van der Waals surface area contributed by atoms with E-state index in [2.05, 4.69) is 21.9 Å². The van der Waals surface area contributed by atoms with Crippen LogP contribution in [0.3, 0.4) is 0 Å². The monoisotopic (exact) mass is 350 g/mol. The average Bonchev–Trinajstić information content (AvgIpc) is 2.84. The number of aryl methyl sites for hydroxylation is 1. The molecule has 0 saturated heterocycles. The maximum atomic E-state index is 10.2. The SMILES string of the molecule is CCCCCn1c(O)nc2ncc(Cl)c(-c3cncc(Cl)c3)c21. The summed E-state index contributed by atoms with van der Waals surface area (Å²) in [6.07, 6.45) is 7.89. The van der Waals surface area contributed by atoms with Gasteiger partial charge in [-0.2, -0.15) is 4.98 Å². The number of aromatic hydroxyl groups is 1. The van der Waals surface area contributed by atoms with Crippen molar-refractivity contribution in [2.45, 2.75) is 32.7 Å². The first-order chi connectivity index (χ1) is 11.1. The third-order valence-corrected chi connectivity index (χ3v) is 4.18. The quantitative estimate of drug-likeness (QED) is 0.677. The topological polar surface area (TPSA) is 63.8 Å². The van der Waals surface area contributed by atoms with E-state index in [0.717, 1.165) is 30.4 Å². The lowest BCUT2D eigenvalue weighted by atomic mass is 10.1. The molecule has 7 heteroatoms. The Balaban J connectivity index is 2.21. The first-order valence-electron chi connectivity index (χ1n) is 7.46. The number of rotatable bonds is 5. The summed E-state index contributed by atoms with van der Waals surface area (Å²) in [4.78, 5) is 12.5. The molecule has 3 aromatic heterocycles. The number of hydrogen-bond donors (Lipinski definition) is 1. The molecule has 23 heavy (non-hydrogen) atoms. The zero-order chi connectivity index (χ0) is 16.4. The van der Waals surface area contributed by atoms with Gasteiger partial charge in [0.25, 0.3) is 6.01 Å². The van der Waals surface area contributed by atoms with Crippen LogP contribution >= 0.6 is 23.2 Å². The average molecular weight is 351 g/mol. The molecule has 0 amide bonds. The maximum Gasteiger partial charge on any atom is 0.296 e. The van der Waals surface area contributed by atoms with E-state index in [-0.39, 0.29) is 6.01 Å². The van der Waals surface area contributed by atoms with E-state index in [1.165, 1.54) is 6.20 Å². The van der Waals surface area contributed by atoms with Crippen LogP contribution in [-0.2, 0) is 6.54 Å². The predicted molar refractivity (Wildman–Crippen MR) is 92.0 cm³/mol. The second-order valence-electron chi connectivity index (χ2n) is 5.32. The molecule has 0 unspecified atom stereocenters. The van der Waals surface area contributed by atoms with Crippen LogP contribution in [0.25, 0.3) is 22.3 Å². The lowest BCUT2D eigenvalue weighted by molar-refractivity contribution is 0.397. The van der Waals surface area contributed by atoms with Crippen molar-refractivity contribution >= 4 is 34.4 Å². The summed E-state index contributed by atoms with van der Waals surface area (Å²) in [6.45, 7) is 2.78. The molecule has 0 aliphatic heterocycles. The van der Waals surface area contributed by atoms with Crippen LogP contribution in [0.5, 0.6) is 6.01 Å². The highest BCUT2D eigenvalue weighted by molar-refractivity contribution is 6.35. The molecule has 0 saturated carbocycles. The summed E-state index contributed by atoms with van der Waals surface area (Å²) in [7, 11) is 0. The lowest BCUT2D eigenvalue weighted by Gasteiger charge is -2.10. The third-order valence-electron chi connectivity index (χ3n) is 3.68.